The first-order valence-corrected chi connectivity index (χ1v) is 7.15. The number of hydrogen-bond donors (Lipinski definition) is 1. The van der Waals surface area contributed by atoms with E-state index in [1.807, 2.05) is 42.0 Å². The van der Waals surface area contributed by atoms with E-state index in [0.29, 0.717) is 12.2 Å². The molecule has 3 heterocycles. The molecule has 20 heavy (non-hydrogen) atoms. The molecule has 0 saturated heterocycles. The Balaban J connectivity index is 1.89. The zero-order valence-corrected chi connectivity index (χ0v) is 12.1. The normalized spacial score (nSPS) is 10.9. The quantitative estimate of drug-likeness (QED) is 0.804. The predicted molar refractivity (Wildman–Crippen MR) is 78.0 cm³/mol. The molecule has 0 aliphatic carbocycles. The number of fused-ring (bicyclic) bond motifs is 1. The van der Waals surface area contributed by atoms with E-state index in [4.69, 9.17) is 0 Å². The number of nitrogens with one attached hydrogen (secondary N) is 1. The molecule has 3 aromatic rings. The van der Waals surface area contributed by atoms with Crippen LogP contribution in [-0.4, -0.2) is 20.3 Å². The van der Waals surface area contributed by atoms with E-state index in [1.165, 1.54) is 11.3 Å². The van der Waals surface area contributed by atoms with Gasteiger partial charge in [0.2, 0.25) is 0 Å². The zero-order chi connectivity index (χ0) is 14.1. The molecule has 0 radical (unpaired) electrons. The van der Waals surface area contributed by atoms with Crippen molar-refractivity contribution in [3.8, 4) is 0 Å². The minimum Gasteiger partial charge on any atom is -0.344 e. The smallest absolute Gasteiger partial charge is 0.270 e. The molecule has 0 atom stereocenters. The standard InChI is InChI=1S/C14H14N4OS/c1-9-3-5-18-11(7-9)17-10(2)13(18)14(19)16-8-12-15-4-6-20-12/h3-7H,8H2,1-2H3,(H,16,19). The highest BCUT2D eigenvalue weighted by atomic mass is 32.1. The van der Waals surface area contributed by atoms with Gasteiger partial charge in [-0.15, -0.1) is 11.3 Å². The fraction of sp³-hybridized carbons (Fsp3) is 0.214. The number of pyridine rings is 1. The van der Waals surface area contributed by atoms with Crippen LogP contribution in [0.2, 0.25) is 0 Å². The van der Waals surface area contributed by atoms with Crippen molar-refractivity contribution in [1.29, 1.82) is 0 Å². The number of imidazole rings is 1. The molecule has 0 aliphatic rings. The third kappa shape index (κ3) is 2.30. The molecule has 0 fully saturated rings. The van der Waals surface area contributed by atoms with Gasteiger partial charge < -0.3 is 5.32 Å². The average Bonchev–Trinajstić information content (AvgIpc) is 3.02. The fourth-order valence-electron chi connectivity index (χ4n) is 2.12. The first kappa shape index (κ1) is 12.8. The topological polar surface area (TPSA) is 59.3 Å². The van der Waals surface area contributed by atoms with Gasteiger partial charge >= 0.3 is 0 Å². The predicted octanol–water partition coefficient (Wildman–Crippen LogP) is 2.34. The summed E-state index contributed by atoms with van der Waals surface area (Å²) in [6.45, 7) is 4.29. The number of aromatic nitrogens is 3. The average molecular weight is 286 g/mol. The summed E-state index contributed by atoms with van der Waals surface area (Å²) in [4.78, 5) is 20.9. The first-order valence-electron chi connectivity index (χ1n) is 6.27. The second-order valence-electron chi connectivity index (χ2n) is 4.59. The van der Waals surface area contributed by atoms with Crippen LogP contribution in [0.25, 0.3) is 5.65 Å². The van der Waals surface area contributed by atoms with Crippen molar-refractivity contribution in [3.05, 3.63) is 51.9 Å². The van der Waals surface area contributed by atoms with Gasteiger partial charge in [-0.05, 0) is 31.5 Å². The van der Waals surface area contributed by atoms with Crippen molar-refractivity contribution in [2.24, 2.45) is 0 Å². The lowest BCUT2D eigenvalue weighted by Gasteiger charge is -2.04. The molecule has 1 amide bonds. The molecule has 5 nitrogen and oxygen atoms in total. The van der Waals surface area contributed by atoms with Crippen LogP contribution in [-0.2, 0) is 6.54 Å². The molecule has 0 unspecified atom stereocenters. The number of carbonyl (C=O) groups is 1. The number of hydrogen-bond acceptors (Lipinski definition) is 4. The Labute approximate surface area is 120 Å². The van der Waals surface area contributed by atoms with Crippen LogP contribution in [0.1, 0.15) is 26.8 Å². The highest BCUT2D eigenvalue weighted by molar-refractivity contribution is 7.09. The third-order valence-corrected chi connectivity index (χ3v) is 3.83. The zero-order valence-electron chi connectivity index (χ0n) is 11.3. The fourth-order valence-corrected chi connectivity index (χ4v) is 2.67. The maximum absolute atomic E-state index is 12.3. The van der Waals surface area contributed by atoms with Gasteiger partial charge in [-0.25, -0.2) is 9.97 Å². The third-order valence-electron chi connectivity index (χ3n) is 3.05. The van der Waals surface area contributed by atoms with E-state index >= 15 is 0 Å². The maximum atomic E-state index is 12.3. The molecule has 0 spiro atoms. The Kier molecular flexibility index (Phi) is 3.23. The molecule has 3 aromatic heterocycles. The Morgan fingerprint density at radius 2 is 2.30 bits per heavy atom. The monoisotopic (exact) mass is 286 g/mol. The van der Waals surface area contributed by atoms with Crippen LogP contribution < -0.4 is 5.32 Å². The summed E-state index contributed by atoms with van der Waals surface area (Å²) in [7, 11) is 0. The van der Waals surface area contributed by atoms with E-state index in [1.54, 1.807) is 6.20 Å². The minimum absolute atomic E-state index is 0.131. The van der Waals surface area contributed by atoms with Crippen LogP contribution in [0, 0.1) is 13.8 Å². The van der Waals surface area contributed by atoms with Crippen LogP contribution in [0.3, 0.4) is 0 Å². The Morgan fingerprint density at radius 3 is 3.05 bits per heavy atom. The highest BCUT2D eigenvalue weighted by Crippen LogP contribution is 2.14. The molecule has 0 aromatic carbocycles. The van der Waals surface area contributed by atoms with Crippen molar-refractivity contribution in [2.45, 2.75) is 20.4 Å². The van der Waals surface area contributed by atoms with Gasteiger partial charge in [-0.3, -0.25) is 9.20 Å². The number of carbonyl (C=O) groups excluding carboxylic acids is 1. The van der Waals surface area contributed by atoms with Crippen LogP contribution in [0.4, 0.5) is 0 Å². The Hall–Kier alpha value is -2.21. The van der Waals surface area contributed by atoms with Crippen molar-refractivity contribution in [1.82, 2.24) is 19.7 Å². The Bertz CT molecular complexity index is 761. The lowest BCUT2D eigenvalue weighted by atomic mass is 10.3. The first-order chi connectivity index (χ1) is 9.65. The van der Waals surface area contributed by atoms with Crippen molar-refractivity contribution in [3.63, 3.8) is 0 Å². The van der Waals surface area contributed by atoms with Gasteiger partial charge in [0.25, 0.3) is 5.91 Å². The number of nitrogens with zero attached hydrogens (tertiary/aromatic N) is 3. The molecular weight excluding hydrogens is 272 g/mol. The molecular formula is C14H14N4OS. The summed E-state index contributed by atoms with van der Waals surface area (Å²) in [6, 6.07) is 3.93. The second-order valence-corrected chi connectivity index (χ2v) is 5.57. The molecule has 0 aliphatic heterocycles. The molecule has 0 bridgehead atoms. The second kappa shape index (κ2) is 5.05. The van der Waals surface area contributed by atoms with Crippen molar-refractivity contribution >= 4 is 22.9 Å². The van der Waals surface area contributed by atoms with Crippen LogP contribution in [0.15, 0.2) is 29.9 Å². The summed E-state index contributed by atoms with van der Waals surface area (Å²) in [5.74, 6) is -0.131. The summed E-state index contributed by atoms with van der Waals surface area (Å²) in [5.41, 5.74) is 3.22. The minimum atomic E-state index is -0.131. The van der Waals surface area contributed by atoms with E-state index in [9.17, 15) is 4.79 Å². The van der Waals surface area contributed by atoms with Crippen molar-refractivity contribution < 1.29 is 4.79 Å². The maximum Gasteiger partial charge on any atom is 0.270 e. The molecule has 6 heteroatoms. The SMILES string of the molecule is Cc1ccn2c(C(=O)NCc3nccs3)c(C)nc2c1. The lowest BCUT2D eigenvalue weighted by molar-refractivity contribution is 0.0944. The van der Waals surface area contributed by atoms with Crippen LogP contribution in [0.5, 0.6) is 0 Å². The number of amides is 1. The van der Waals surface area contributed by atoms with E-state index in [2.05, 4.69) is 15.3 Å². The van der Waals surface area contributed by atoms with Crippen LogP contribution >= 0.6 is 11.3 Å². The largest absolute Gasteiger partial charge is 0.344 e. The number of aryl methyl sites for hydroxylation is 2. The summed E-state index contributed by atoms with van der Waals surface area (Å²) < 4.78 is 1.82. The summed E-state index contributed by atoms with van der Waals surface area (Å²) in [6.07, 6.45) is 3.61. The molecule has 1 N–H and O–H groups in total. The lowest BCUT2D eigenvalue weighted by Crippen LogP contribution is -2.24. The summed E-state index contributed by atoms with van der Waals surface area (Å²) >= 11 is 1.52. The van der Waals surface area contributed by atoms with E-state index in [0.717, 1.165) is 21.9 Å². The highest BCUT2D eigenvalue weighted by Gasteiger charge is 2.16. The van der Waals surface area contributed by atoms with Crippen molar-refractivity contribution in [2.75, 3.05) is 0 Å². The van der Waals surface area contributed by atoms with Gasteiger partial charge in [0.05, 0.1) is 12.2 Å². The molecule has 0 saturated carbocycles. The van der Waals surface area contributed by atoms with Gasteiger partial charge in [0, 0.05) is 17.8 Å². The molecule has 102 valence electrons. The number of thiazole rings is 1. The van der Waals surface area contributed by atoms with Gasteiger partial charge in [-0.2, -0.15) is 0 Å². The van der Waals surface area contributed by atoms with Gasteiger partial charge in [-0.1, -0.05) is 0 Å². The van der Waals surface area contributed by atoms with E-state index < -0.39 is 0 Å². The summed E-state index contributed by atoms with van der Waals surface area (Å²) in [5, 5.41) is 5.67. The van der Waals surface area contributed by atoms with Gasteiger partial charge in [0.1, 0.15) is 16.3 Å². The number of rotatable bonds is 3. The van der Waals surface area contributed by atoms with Gasteiger partial charge in [0.15, 0.2) is 0 Å². The van der Waals surface area contributed by atoms with E-state index in [-0.39, 0.29) is 5.91 Å². The Morgan fingerprint density at radius 1 is 1.45 bits per heavy atom. The molecule has 3 rings (SSSR count).